The van der Waals surface area contributed by atoms with Gasteiger partial charge in [-0.2, -0.15) is 0 Å². The van der Waals surface area contributed by atoms with Crippen LogP contribution in [0.3, 0.4) is 0 Å². The number of hydrogen-bond donors (Lipinski definition) is 1. The van der Waals surface area contributed by atoms with Gasteiger partial charge in [0, 0.05) is 12.5 Å². The lowest BCUT2D eigenvalue weighted by Gasteiger charge is -2.50. The predicted molar refractivity (Wildman–Crippen MR) is 219 cm³/mol. The summed E-state index contributed by atoms with van der Waals surface area (Å²) in [6, 6.07) is 47.7. The first-order chi connectivity index (χ1) is 28.8. The van der Waals surface area contributed by atoms with E-state index in [0.29, 0.717) is 34.6 Å². The zero-order valence-electron chi connectivity index (χ0n) is 33.0. The number of hydrogen-bond acceptors (Lipinski definition) is 8. The first kappa shape index (κ1) is 41.5. The van der Waals surface area contributed by atoms with Crippen molar-refractivity contribution in [1.29, 1.82) is 0 Å². The Balaban J connectivity index is 1.35. The van der Waals surface area contributed by atoms with Gasteiger partial charge in [-0.05, 0) is 51.6 Å². The number of aliphatic hydroxyl groups is 1. The molecule has 1 aliphatic rings. The van der Waals surface area contributed by atoms with Crippen molar-refractivity contribution in [3.8, 4) is 17.2 Å². The Morgan fingerprint density at radius 2 is 1.07 bits per heavy atom. The highest BCUT2D eigenvalue weighted by atomic mass is 19.3. The Morgan fingerprint density at radius 1 is 0.559 bits per heavy atom. The summed E-state index contributed by atoms with van der Waals surface area (Å²) in [5.41, 5.74) is 4.60. The second-order valence-corrected chi connectivity index (χ2v) is 14.4. The summed E-state index contributed by atoms with van der Waals surface area (Å²) >= 11 is 0. The van der Waals surface area contributed by atoms with Gasteiger partial charge in [-0.25, -0.2) is 8.78 Å². The van der Waals surface area contributed by atoms with Gasteiger partial charge >= 0.3 is 5.92 Å². The zero-order chi connectivity index (χ0) is 41.1. The van der Waals surface area contributed by atoms with Crippen LogP contribution < -0.4 is 14.2 Å². The molecule has 0 spiro atoms. The molecule has 0 aliphatic carbocycles. The Bertz CT molecular complexity index is 2190. The molecule has 6 aromatic carbocycles. The van der Waals surface area contributed by atoms with Crippen molar-refractivity contribution in [2.45, 2.75) is 62.9 Å². The molecule has 4 atom stereocenters. The quantitative estimate of drug-likeness (QED) is 0.0921. The van der Waals surface area contributed by atoms with Crippen molar-refractivity contribution in [1.82, 2.24) is 0 Å². The van der Waals surface area contributed by atoms with Crippen molar-refractivity contribution in [2.75, 3.05) is 20.8 Å². The normalized spacial score (nSPS) is 19.8. The van der Waals surface area contributed by atoms with Crippen LogP contribution in [0.5, 0.6) is 17.2 Å². The average molecular weight is 803 g/mol. The van der Waals surface area contributed by atoms with E-state index < -0.39 is 36.6 Å². The first-order valence-electron chi connectivity index (χ1n) is 19.5. The highest BCUT2D eigenvalue weighted by Gasteiger charge is 2.66. The summed E-state index contributed by atoms with van der Waals surface area (Å²) in [6.45, 7) is -0.770. The minimum Gasteiger partial charge on any atom is -0.497 e. The van der Waals surface area contributed by atoms with Gasteiger partial charge < -0.3 is 38.3 Å². The molecule has 1 saturated heterocycles. The number of halogens is 2. The molecule has 7 rings (SSSR count). The molecule has 0 radical (unpaired) electrons. The van der Waals surface area contributed by atoms with E-state index in [4.69, 9.17) is 33.2 Å². The Kier molecular flexibility index (Phi) is 13.7. The highest BCUT2D eigenvalue weighted by molar-refractivity contribution is 5.51. The molecule has 0 aromatic heterocycles. The van der Waals surface area contributed by atoms with Crippen LogP contribution in [0.25, 0.3) is 0 Å². The van der Waals surface area contributed by atoms with Gasteiger partial charge in [-0.15, -0.1) is 0 Å². The molecule has 6 aromatic rings. The van der Waals surface area contributed by atoms with Crippen LogP contribution in [0.2, 0.25) is 0 Å². The lowest BCUT2D eigenvalue weighted by Crippen LogP contribution is -2.68. The standard InChI is InChI=1S/C49H48F2O8/c1-53-41-25-23-35(24-26-41)27-40-28-42(44(29-43(40)54-2)56-31-37-17-9-4-10-18-37)49(52)47(58-33-39-21-13-6-14-22-39)46(57-32-38-19-11-5-12-20-38)48(50,51)45(59-49)34-55-30-36-15-7-3-8-16-36/h3-26,28-29,45-47,52H,27,30-34H2,1-2H3/t45-,46-,47-,49?/m1/s1. The van der Waals surface area contributed by atoms with E-state index in [-0.39, 0.29) is 37.7 Å². The van der Waals surface area contributed by atoms with Gasteiger partial charge in [0.2, 0.25) is 5.79 Å². The number of alkyl halides is 2. The molecule has 0 saturated carbocycles. The van der Waals surface area contributed by atoms with Crippen molar-refractivity contribution < 1.29 is 47.0 Å². The van der Waals surface area contributed by atoms with Crippen LogP contribution in [0.15, 0.2) is 158 Å². The molecule has 1 heterocycles. The molecule has 0 amide bonds. The molecule has 0 bridgehead atoms. The van der Waals surface area contributed by atoms with Crippen molar-refractivity contribution in [2.24, 2.45) is 0 Å². The fraction of sp³-hybridized carbons (Fsp3) is 0.265. The molecule has 1 unspecified atom stereocenters. The topological polar surface area (TPSA) is 84.8 Å². The van der Waals surface area contributed by atoms with Crippen molar-refractivity contribution >= 4 is 0 Å². The SMILES string of the molecule is COc1ccc(Cc2cc(C3(O)O[C@H](COCc4ccccc4)C(F)(F)[C@H](OCc4ccccc4)[C@H]3OCc3ccccc3)c(OCc3ccccc3)cc2OC)cc1. The lowest BCUT2D eigenvalue weighted by atomic mass is 9.85. The Morgan fingerprint density at radius 3 is 1.59 bits per heavy atom. The lowest BCUT2D eigenvalue weighted by molar-refractivity contribution is -0.406. The van der Waals surface area contributed by atoms with Gasteiger partial charge in [-0.1, -0.05) is 133 Å². The van der Waals surface area contributed by atoms with E-state index in [1.807, 2.05) is 121 Å². The van der Waals surface area contributed by atoms with Crippen LogP contribution in [-0.2, 0) is 57.6 Å². The molecule has 10 heteroatoms. The van der Waals surface area contributed by atoms with Gasteiger partial charge in [0.05, 0.1) is 46.2 Å². The maximum absolute atomic E-state index is 17.2. The van der Waals surface area contributed by atoms with E-state index in [9.17, 15) is 5.11 Å². The third kappa shape index (κ3) is 10.2. The van der Waals surface area contributed by atoms with E-state index in [1.165, 1.54) is 0 Å². The zero-order valence-corrected chi connectivity index (χ0v) is 33.0. The molecular formula is C49H48F2O8. The second kappa shape index (κ2) is 19.4. The summed E-state index contributed by atoms with van der Waals surface area (Å²) in [5, 5.41) is 13.3. The summed E-state index contributed by atoms with van der Waals surface area (Å²) in [6.07, 6.45) is -5.45. The van der Waals surface area contributed by atoms with E-state index in [1.54, 1.807) is 50.6 Å². The number of benzene rings is 6. The number of methoxy groups -OCH3 is 2. The summed E-state index contributed by atoms with van der Waals surface area (Å²) in [7, 11) is 3.14. The van der Waals surface area contributed by atoms with Gasteiger partial charge in [0.15, 0.2) is 12.2 Å². The smallest absolute Gasteiger partial charge is 0.304 e. The van der Waals surface area contributed by atoms with Gasteiger partial charge in [0.25, 0.3) is 0 Å². The molecular weight excluding hydrogens is 755 g/mol. The van der Waals surface area contributed by atoms with Crippen LogP contribution in [-0.4, -0.2) is 50.2 Å². The largest absolute Gasteiger partial charge is 0.497 e. The summed E-state index contributed by atoms with van der Waals surface area (Å²) in [5.74, 6) is -5.00. The van der Waals surface area contributed by atoms with E-state index in [0.717, 1.165) is 16.7 Å². The Hall–Kier alpha value is -5.62. The fourth-order valence-electron chi connectivity index (χ4n) is 7.12. The third-order valence-corrected chi connectivity index (χ3v) is 10.3. The maximum Gasteiger partial charge on any atom is 0.304 e. The van der Waals surface area contributed by atoms with E-state index >= 15 is 8.78 Å². The third-order valence-electron chi connectivity index (χ3n) is 10.3. The van der Waals surface area contributed by atoms with E-state index in [2.05, 4.69) is 0 Å². The van der Waals surface area contributed by atoms with Crippen molar-refractivity contribution in [3.05, 3.63) is 197 Å². The molecule has 59 heavy (non-hydrogen) atoms. The average Bonchev–Trinajstić information content (AvgIpc) is 3.27. The second-order valence-electron chi connectivity index (χ2n) is 14.4. The summed E-state index contributed by atoms with van der Waals surface area (Å²) < 4.78 is 77.1. The van der Waals surface area contributed by atoms with Gasteiger partial charge in [0.1, 0.15) is 30.0 Å². The van der Waals surface area contributed by atoms with Crippen LogP contribution in [0.1, 0.15) is 38.9 Å². The Labute approximate surface area is 343 Å². The van der Waals surface area contributed by atoms with Crippen LogP contribution in [0, 0.1) is 0 Å². The van der Waals surface area contributed by atoms with Crippen LogP contribution in [0.4, 0.5) is 8.78 Å². The maximum atomic E-state index is 17.2. The van der Waals surface area contributed by atoms with Gasteiger partial charge in [-0.3, -0.25) is 0 Å². The summed E-state index contributed by atoms with van der Waals surface area (Å²) in [4.78, 5) is 0. The molecule has 306 valence electrons. The fourth-order valence-corrected chi connectivity index (χ4v) is 7.12. The van der Waals surface area contributed by atoms with Crippen LogP contribution >= 0.6 is 0 Å². The molecule has 8 nitrogen and oxygen atoms in total. The minimum absolute atomic E-state index is 0.0403. The highest BCUT2D eigenvalue weighted by Crippen LogP contribution is 2.50. The minimum atomic E-state index is -3.72. The molecule has 1 fully saturated rings. The number of ether oxygens (including phenoxy) is 7. The monoisotopic (exact) mass is 802 g/mol. The van der Waals surface area contributed by atoms with Crippen molar-refractivity contribution in [3.63, 3.8) is 0 Å². The first-order valence-corrected chi connectivity index (χ1v) is 19.5. The molecule has 1 N–H and O–H groups in total. The number of rotatable bonds is 18. The molecule has 1 aliphatic heterocycles. The predicted octanol–water partition coefficient (Wildman–Crippen LogP) is 9.44.